The molecule has 0 radical (unpaired) electrons. The summed E-state index contributed by atoms with van der Waals surface area (Å²) in [4.78, 5) is 21.2. The quantitative estimate of drug-likeness (QED) is 0.801. The van der Waals surface area contributed by atoms with Crippen molar-refractivity contribution in [3.8, 4) is 5.82 Å². The Kier molecular flexibility index (Phi) is 3.48. The summed E-state index contributed by atoms with van der Waals surface area (Å²) in [5, 5.41) is 0.435. The number of rotatable bonds is 2. The first-order chi connectivity index (χ1) is 11.3. The Morgan fingerprint density at radius 2 is 1.92 bits per heavy atom. The Balaban J connectivity index is 1.82. The zero-order valence-corrected chi connectivity index (χ0v) is 14.2. The van der Waals surface area contributed by atoms with Gasteiger partial charge >= 0.3 is 0 Å². The number of halogens is 4. The molecule has 8 heteroatoms. The highest BCUT2D eigenvalue weighted by atomic mass is 35.5. The molecule has 0 saturated heterocycles. The molecule has 2 aromatic heterocycles. The fourth-order valence-electron chi connectivity index (χ4n) is 3.65. The summed E-state index contributed by atoms with van der Waals surface area (Å²) in [5.41, 5.74) is -0.0458. The summed E-state index contributed by atoms with van der Waals surface area (Å²) in [6, 6.07) is 3.19. The van der Waals surface area contributed by atoms with Crippen molar-refractivity contribution in [1.29, 1.82) is 0 Å². The molecule has 4 rings (SSSR count). The average Bonchev–Trinajstić information content (AvgIpc) is 2.91. The van der Waals surface area contributed by atoms with Crippen LogP contribution in [0.25, 0.3) is 5.82 Å². The van der Waals surface area contributed by atoms with Crippen LogP contribution in [0.1, 0.15) is 30.3 Å². The Hall–Kier alpha value is -1.53. The summed E-state index contributed by atoms with van der Waals surface area (Å²) >= 11 is 11.9. The average molecular weight is 372 g/mol. The molecule has 0 spiro atoms. The molecular weight excluding hydrogens is 359 g/mol. The maximum atomic E-state index is 13.5. The predicted molar refractivity (Wildman–Crippen MR) is 86.3 cm³/mol. The van der Waals surface area contributed by atoms with Crippen LogP contribution in [0.15, 0.2) is 23.1 Å². The third-order valence-electron chi connectivity index (χ3n) is 4.97. The monoisotopic (exact) mass is 371 g/mol. The highest BCUT2D eigenvalue weighted by Crippen LogP contribution is 2.67. The molecular formula is C16H13Cl2F2N3O. The van der Waals surface area contributed by atoms with Crippen LogP contribution in [-0.4, -0.2) is 20.5 Å². The summed E-state index contributed by atoms with van der Waals surface area (Å²) < 4.78 is 28.3. The SMILES string of the molecule is Cc1nc([C@H]2C[C@@H]3[C@H](C2)C3(F)F)n(-c2ccc(Cl)cn2)c(=O)c1Cl. The molecule has 2 heterocycles. The van der Waals surface area contributed by atoms with E-state index in [0.29, 0.717) is 35.2 Å². The van der Waals surface area contributed by atoms with Crippen molar-refractivity contribution >= 4 is 23.2 Å². The topological polar surface area (TPSA) is 47.8 Å². The lowest BCUT2D eigenvalue weighted by Gasteiger charge is -2.19. The zero-order chi connectivity index (χ0) is 17.2. The maximum absolute atomic E-state index is 13.5. The first kappa shape index (κ1) is 16.0. The summed E-state index contributed by atoms with van der Waals surface area (Å²) in [6.07, 6.45) is 2.05. The fourth-order valence-corrected chi connectivity index (χ4v) is 3.89. The Morgan fingerprint density at radius 3 is 2.50 bits per heavy atom. The van der Waals surface area contributed by atoms with Crippen LogP contribution in [0.3, 0.4) is 0 Å². The van der Waals surface area contributed by atoms with Gasteiger partial charge < -0.3 is 0 Å². The first-order valence-corrected chi connectivity index (χ1v) is 8.35. The van der Waals surface area contributed by atoms with Crippen molar-refractivity contribution in [2.45, 2.75) is 31.6 Å². The van der Waals surface area contributed by atoms with Crippen molar-refractivity contribution in [3.63, 3.8) is 0 Å². The second-order valence-electron chi connectivity index (χ2n) is 6.40. The molecule has 3 atom stereocenters. The number of pyridine rings is 1. The predicted octanol–water partition coefficient (Wildman–Crippen LogP) is 4.00. The van der Waals surface area contributed by atoms with E-state index in [-0.39, 0.29) is 10.9 Å². The highest BCUT2D eigenvalue weighted by Gasteiger charge is 2.71. The molecule has 0 aromatic carbocycles. The molecule has 2 fully saturated rings. The molecule has 2 aliphatic carbocycles. The van der Waals surface area contributed by atoms with E-state index in [1.807, 2.05) is 0 Å². The van der Waals surface area contributed by atoms with Crippen LogP contribution in [0.5, 0.6) is 0 Å². The fraction of sp³-hybridized carbons (Fsp3) is 0.438. The number of nitrogens with zero attached hydrogens (tertiary/aromatic N) is 3. The number of aromatic nitrogens is 3. The smallest absolute Gasteiger partial charge is 0.267 e. The van der Waals surface area contributed by atoms with E-state index in [4.69, 9.17) is 23.2 Å². The van der Waals surface area contributed by atoms with E-state index < -0.39 is 23.3 Å². The van der Waals surface area contributed by atoms with Crippen LogP contribution in [0.2, 0.25) is 10.0 Å². The van der Waals surface area contributed by atoms with Crippen molar-refractivity contribution in [3.05, 3.63) is 50.2 Å². The molecule has 4 nitrogen and oxygen atoms in total. The molecule has 0 aliphatic heterocycles. The van der Waals surface area contributed by atoms with Gasteiger partial charge in [-0.2, -0.15) is 0 Å². The van der Waals surface area contributed by atoms with E-state index in [2.05, 4.69) is 9.97 Å². The second kappa shape index (κ2) is 5.23. The van der Waals surface area contributed by atoms with Gasteiger partial charge in [0.1, 0.15) is 16.7 Å². The van der Waals surface area contributed by atoms with E-state index in [1.165, 1.54) is 10.8 Å². The standard InChI is InChI=1S/C16H13Cl2F2N3O/c1-7-13(18)15(24)23(12-3-2-9(17)6-21-12)14(22-7)8-4-10-11(5-8)16(10,19)20/h2-3,6,8,10-11H,4-5H2,1H3/t8-,10+,11-. The van der Waals surface area contributed by atoms with E-state index in [9.17, 15) is 13.6 Å². The van der Waals surface area contributed by atoms with Gasteiger partial charge in [-0.25, -0.2) is 23.3 Å². The van der Waals surface area contributed by atoms with E-state index in [1.54, 1.807) is 19.1 Å². The molecule has 2 aliphatic rings. The summed E-state index contributed by atoms with van der Waals surface area (Å²) in [7, 11) is 0. The van der Waals surface area contributed by atoms with Crippen LogP contribution < -0.4 is 5.56 Å². The van der Waals surface area contributed by atoms with Gasteiger partial charge in [-0.1, -0.05) is 23.2 Å². The molecule has 0 N–H and O–H groups in total. The van der Waals surface area contributed by atoms with Crippen molar-refractivity contribution < 1.29 is 8.78 Å². The van der Waals surface area contributed by atoms with Gasteiger partial charge in [0.2, 0.25) is 0 Å². The van der Waals surface area contributed by atoms with Crippen LogP contribution >= 0.6 is 23.2 Å². The van der Waals surface area contributed by atoms with Gasteiger partial charge in [-0.15, -0.1) is 0 Å². The number of aryl methyl sites for hydroxylation is 1. The van der Waals surface area contributed by atoms with E-state index >= 15 is 0 Å². The lowest BCUT2D eigenvalue weighted by Crippen LogP contribution is -2.28. The van der Waals surface area contributed by atoms with Gasteiger partial charge in [0, 0.05) is 24.0 Å². The minimum absolute atomic E-state index is 0.00369. The normalized spacial score (nSPS) is 27.1. The largest absolute Gasteiger partial charge is 0.278 e. The number of fused-ring (bicyclic) bond motifs is 1. The minimum atomic E-state index is -2.57. The molecule has 0 amide bonds. The number of alkyl halides is 2. The van der Waals surface area contributed by atoms with Crippen LogP contribution in [-0.2, 0) is 0 Å². The molecule has 126 valence electrons. The minimum Gasteiger partial charge on any atom is -0.267 e. The zero-order valence-electron chi connectivity index (χ0n) is 12.6. The van der Waals surface area contributed by atoms with E-state index in [0.717, 1.165) is 0 Å². The second-order valence-corrected chi connectivity index (χ2v) is 7.21. The Morgan fingerprint density at radius 1 is 1.25 bits per heavy atom. The molecule has 24 heavy (non-hydrogen) atoms. The molecule has 2 saturated carbocycles. The lowest BCUT2D eigenvalue weighted by molar-refractivity contribution is 0.0689. The van der Waals surface area contributed by atoms with Gasteiger partial charge in [0.05, 0.1) is 10.7 Å². The Labute approximate surface area is 146 Å². The Bertz CT molecular complexity index is 868. The first-order valence-electron chi connectivity index (χ1n) is 7.59. The number of hydrogen-bond donors (Lipinski definition) is 0. The third-order valence-corrected chi connectivity index (χ3v) is 5.63. The van der Waals surface area contributed by atoms with Gasteiger partial charge in [0.25, 0.3) is 11.5 Å². The van der Waals surface area contributed by atoms with Gasteiger partial charge in [-0.3, -0.25) is 4.79 Å². The highest BCUT2D eigenvalue weighted by molar-refractivity contribution is 6.31. The molecule has 2 aromatic rings. The van der Waals surface area contributed by atoms with Crippen molar-refractivity contribution in [2.24, 2.45) is 11.8 Å². The van der Waals surface area contributed by atoms with Gasteiger partial charge in [0.15, 0.2) is 0 Å². The van der Waals surface area contributed by atoms with Crippen molar-refractivity contribution in [1.82, 2.24) is 14.5 Å². The van der Waals surface area contributed by atoms with Crippen molar-refractivity contribution in [2.75, 3.05) is 0 Å². The molecule has 0 bridgehead atoms. The molecule has 0 unspecified atom stereocenters. The summed E-state index contributed by atoms with van der Waals surface area (Å²) in [5.74, 6) is -3.22. The lowest BCUT2D eigenvalue weighted by atomic mass is 10.0. The van der Waals surface area contributed by atoms with Gasteiger partial charge in [-0.05, 0) is 31.9 Å². The maximum Gasteiger partial charge on any atom is 0.278 e. The summed E-state index contributed by atoms with van der Waals surface area (Å²) in [6.45, 7) is 1.64. The number of hydrogen-bond acceptors (Lipinski definition) is 3. The van der Waals surface area contributed by atoms with Crippen LogP contribution in [0, 0.1) is 18.8 Å². The third kappa shape index (κ3) is 2.27. The van der Waals surface area contributed by atoms with Crippen LogP contribution in [0.4, 0.5) is 8.78 Å².